The highest BCUT2D eigenvalue weighted by Crippen LogP contribution is 2.32. The maximum absolute atomic E-state index is 10.3. The topological polar surface area (TPSA) is 35.5 Å². The van der Waals surface area contributed by atoms with Crippen LogP contribution in [0.15, 0.2) is 18.2 Å². The van der Waals surface area contributed by atoms with Crippen LogP contribution in [0.3, 0.4) is 0 Å². The molecule has 1 aliphatic heterocycles. The molecule has 1 aromatic carbocycles. The molecule has 21 heavy (non-hydrogen) atoms. The van der Waals surface area contributed by atoms with Crippen LogP contribution in [-0.4, -0.2) is 24.7 Å². The quantitative estimate of drug-likeness (QED) is 0.794. The second kappa shape index (κ2) is 7.69. The van der Waals surface area contributed by atoms with Crippen molar-refractivity contribution in [3.63, 3.8) is 0 Å². The van der Waals surface area contributed by atoms with Crippen LogP contribution in [0.4, 0.5) is 5.69 Å². The highest BCUT2D eigenvalue weighted by atomic mass is 16.3. The van der Waals surface area contributed by atoms with Crippen molar-refractivity contribution >= 4 is 5.69 Å². The Bertz CT molecular complexity index is 447. The number of nitrogens with one attached hydrogen (secondary N) is 1. The van der Waals surface area contributed by atoms with E-state index in [1.807, 2.05) is 6.07 Å². The summed E-state index contributed by atoms with van der Waals surface area (Å²) >= 11 is 0. The number of aromatic hydroxyl groups is 1. The van der Waals surface area contributed by atoms with Gasteiger partial charge >= 0.3 is 0 Å². The third kappa shape index (κ3) is 4.13. The minimum Gasteiger partial charge on any atom is -0.508 e. The van der Waals surface area contributed by atoms with E-state index in [4.69, 9.17) is 0 Å². The summed E-state index contributed by atoms with van der Waals surface area (Å²) in [7, 11) is 0. The molecule has 0 aromatic heterocycles. The Morgan fingerprint density at radius 1 is 1.33 bits per heavy atom. The lowest BCUT2D eigenvalue weighted by atomic mass is 10.0. The van der Waals surface area contributed by atoms with Gasteiger partial charge in [0.05, 0.1) is 0 Å². The third-order valence-electron chi connectivity index (χ3n) is 4.53. The van der Waals surface area contributed by atoms with Crippen LogP contribution in [0.2, 0.25) is 0 Å². The molecule has 3 nitrogen and oxygen atoms in total. The van der Waals surface area contributed by atoms with Crippen LogP contribution in [0.25, 0.3) is 0 Å². The molecular formula is C18H30N2O. The smallest absolute Gasteiger partial charge is 0.122 e. The van der Waals surface area contributed by atoms with Gasteiger partial charge in [0.15, 0.2) is 0 Å². The average molecular weight is 290 g/mol. The first-order chi connectivity index (χ1) is 10.2. The zero-order chi connectivity index (χ0) is 15.2. The van der Waals surface area contributed by atoms with E-state index < -0.39 is 0 Å². The second-order valence-electron chi connectivity index (χ2n) is 6.31. The first-order valence-electron chi connectivity index (χ1n) is 8.46. The number of rotatable bonds is 7. The normalized spacial score (nSPS) is 20.0. The lowest BCUT2D eigenvalue weighted by Crippen LogP contribution is -2.21. The van der Waals surface area contributed by atoms with E-state index >= 15 is 0 Å². The largest absolute Gasteiger partial charge is 0.508 e. The van der Waals surface area contributed by atoms with Gasteiger partial charge in [0.1, 0.15) is 5.75 Å². The zero-order valence-corrected chi connectivity index (χ0v) is 13.7. The molecule has 1 aromatic rings. The second-order valence-corrected chi connectivity index (χ2v) is 6.31. The van der Waals surface area contributed by atoms with Gasteiger partial charge in [-0.05, 0) is 44.7 Å². The molecule has 3 heteroatoms. The number of benzene rings is 1. The van der Waals surface area contributed by atoms with Gasteiger partial charge in [-0.25, -0.2) is 0 Å². The molecule has 1 heterocycles. The number of hydrogen-bond acceptors (Lipinski definition) is 3. The molecule has 1 saturated heterocycles. The molecule has 2 rings (SSSR count). The van der Waals surface area contributed by atoms with E-state index in [0.29, 0.717) is 5.75 Å². The van der Waals surface area contributed by atoms with Crippen molar-refractivity contribution in [3.8, 4) is 5.75 Å². The minimum absolute atomic E-state index is 0.199. The molecular weight excluding hydrogens is 260 g/mol. The van der Waals surface area contributed by atoms with E-state index in [2.05, 4.69) is 43.1 Å². The van der Waals surface area contributed by atoms with Gasteiger partial charge in [0.25, 0.3) is 0 Å². The molecule has 2 N–H and O–H groups in total. The lowest BCUT2D eigenvalue weighted by Gasteiger charge is -2.21. The summed E-state index contributed by atoms with van der Waals surface area (Å²) in [5.74, 6) is 1.24. The molecule has 1 aliphatic rings. The zero-order valence-electron chi connectivity index (χ0n) is 13.7. The van der Waals surface area contributed by atoms with Crippen molar-refractivity contribution in [3.05, 3.63) is 23.8 Å². The lowest BCUT2D eigenvalue weighted by molar-refractivity contribution is 0.452. The van der Waals surface area contributed by atoms with Gasteiger partial charge < -0.3 is 15.3 Å². The van der Waals surface area contributed by atoms with Crippen LogP contribution in [0.5, 0.6) is 5.75 Å². The summed E-state index contributed by atoms with van der Waals surface area (Å²) in [5.41, 5.74) is 2.16. The number of nitrogens with zero attached hydrogens (tertiary/aromatic N) is 1. The number of phenolic OH excluding ortho intramolecular Hbond substituents is 1. The van der Waals surface area contributed by atoms with Gasteiger partial charge in [0, 0.05) is 36.4 Å². The predicted octanol–water partition coefficient (Wildman–Crippen LogP) is 4.08. The van der Waals surface area contributed by atoms with Crippen LogP contribution in [-0.2, 0) is 0 Å². The van der Waals surface area contributed by atoms with E-state index in [0.717, 1.165) is 43.2 Å². The fraction of sp³-hybridized carbons (Fsp3) is 0.667. The minimum atomic E-state index is 0.199. The maximum Gasteiger partial charge on any atom is 0.122 e. The van der Waals surface area contributed by atoms with Crippen LogP contribution < -0.4 is 10.2 Å². The molecule has 2 atom stereocenters. The fourth-order valence-corrected chi connectivity index (χ4v) is 3.28. The summed E-state index contributed by atoms with van der Waals surface area (Å²) < 4.78 is 0. The Kier molecular flexibility index (Phi) is 5.92. The van der Waals surface area contributed by atoms with Gasteiger partial charge in [-0.15, -0.1) is 0 Å². The first-order valence-corrected chi connectivity index (χ1v) is 8.46. The Labute approximate surface area is 129 Å². The first kappa shape index (κ1) is 16.2. The van der Waals surface area contributed by atoms with Gasteiger partial charge in [0.2, 0.25) is 0 Å². The molecule has 0 spiro atoms. The highest BCUT2D eigenvalue weighted by molar-refractivity contribution is 5.54. The Morgan fingerprint density at radius 2 is 2.14 bits per heavy atom. The Hall–Kier alpha value is -1.22. The summed E-state index contributed by atoms with van der Waals surface area (Å²) in [6.07, 6.45) is 4.97. The summed E-state index contributed by atoms with van der Waals surface area (Å²) in [6.45, 7) is 9.75. The number of anilines is 1. The van der Waals surface area contributed by atoms with Crippen LogP contribution in [0, 0.1) is 5.92 Å². The Balaban J connectivity index is 2.02. The highest BCUT2D eigenvalue weighted by Gasteiger charge is 2.22. The molecule has 1 fully saturated rings. The third-order valence-corrected chi connectivity index (χ3v) is 4.53. The van der Waals surface area contributed by atoms with E-state index in [-0.39, 0.29) is 6.04 Å². The van der Waals surface area contributed by atoms with Crippen molar-refractivity contribution in [1.29, 1.82) is 0 Å². The molecule has 0 saturated carbocycles. The number of hydrogen-bond donors (Lipinski definition) is 2. The predicted molar refractivity (Wildman–Crippen MR) is 90.0 cm³/mol. The average Bonchev–Trinajstić information content (AvgIpc) is 2.93. The van der Waals surface area contributed by atoms with Crippen molar-refractivity contribution in [2.75, 3.05) is 24.5 Å². The summed E-state index contributed by atoms with van der Waals surface area (Å²) in [6, 6.07) is 6.37. The number of phenols is 1. The van der Waals surface area contributed by atoms with E-state index in [9.17, 15) is 5.11 Å². The van der Waals surface area contributed by atoms with Gasteiger partial charge in [-0.3, -0.25) is 0 Å². The molecule has 0 radical (unpaired) electrons. The molecule has 0 bridgehead atoms. The standard InChI is InChI=1S/C18H30N2O/c1-4-6-15-9-11-20(13-15)16-7-8-17(18(21)12-16)14(3)19-10-5-2/h7-8,12,14-15,19,21H,4-6,9-11,13H2,1-3H3. The van der Waals surface area contributed by atoms with Crippen molar-refractivity contribution in [1.82, 2.24) is 5.32 Å². The molecule has 0 aliphatic carbocycles. The van der Waals surface area contributed by atoms with E-state index in [1.165, 1.54) is 19.3 Å². The fourth-order valence-electron chi connectivity index (χ4n) is 3.28. The monoisotopic (exact) mass is 290 g/mol. The van der Waals surface area contributed by atoms with Crippen molar-refractivity contribution in [2.24, 2.45) is 5.92 Å². The van der Waals surface area contributed by atoms with Crippen molar-refractivity contribution in [2.45, 2.75) is 52.5 Å². The molecule has 0 amide bonds. The van der Waals surface area contributed by atoms with Crippen LogP contribution in [0.1, 0.15) is 58.1 Å². The van der Waals surface area contributed by atoms with Crippen molar-refractivity contribution < 1.29 is 5.11 Å². The van der Waals surface area contributed by atoms with Gasteiger partial charge in [-0.2, -0.15) is 0 Å². The SMILES string of the molecule is CCCNC(C)c1ccc(N2CCC(CCC)C2)cc1O. The Morgan fingerprint density at radius 3 is 2.81 bits per heavy atom. The van der Waals surface area contributed by atoms with Gasteiger partial charge in [-0.1, -0.05) is 26.3 Å². The maximum atomic E-state index is 10.3. The molecule has 2 unspecified atom stereocenters. The van der Waals surface area contributed by atoms with E-state index in [1.54, 1.807) is 0 Å². The van der Waals surface area contributed by atoms with Crippen LogP contribution >= 0.6 is 0 Å². The summed E-state index contributed by atoms with van der Waals surface area (Å²) in [5, 5.41) is 13.8. The molecule has 118 valence electrons. The summed E-state index contributed by atoms with van der Waals surface area (Å²) in [4.78, 5) is 2.41.